The number of rotatable bonds is 19. The first-order valence-corrected chi connectivity index (χ1v) is 15.6. The Morgan fingerprint density at radius 2 is 1.30 bits per heavy atom. The van der Waals surface area contributed by atoms with Crippen molar-refractivity contribution in [2.24, 2.45) is 0 Å². The number of unbranched alkanes of at least 4 members (excludes halogenated alkanes) is 11. The van der Waals surface area contributed by atoms with Gasteiger partial charge in [-0.05, 0) is 42.8 Å². The highest BCUT2D eigenvalue weighted by Crippen LogP contribution is 2.21. The third-order valence-electron chi connectivity index (χ3n) is 6.33. The Bertz CT molecular complexity index is 1060. The molecule has 0 spiro atoms. The Balaban J connectivity index is 1.67. The number of hydrogen-bond acceptors (Lipinski definition) is 5. The number of para-hydroxylation sites is 1. The monoisotopic (exact) mass is 529 g/mol. The van der Waals surface area contributed by atoms with Gasteiger partial charge in [0.05, 0.1) is 23.5 Å². The summed E-state index contributed by atoms with van der Waals surface area (Å²) >= 11 is 0. The predicted molar refractivity (Wildman–Crippen MR) is 150 cm³/mol. The van der Waals surface area contributed by atoms with Gasteiger partial charge in [-0.25, -0.2) is 8.42 Å². The van der Waals surface area contributed by atoms with Crippen LogP contribution < -0.4 is 10.1 Å². The Morgan fingerprint density at radius 1 is 0.757 bits per heavy atom. The Hall–Kier alpha value is -2.67. The molecule has 2 rings (SSSR count). The van der Waals surface area contributed by atoms with Gasteiger partial charge in [-0.3, -0.25) is 9.59 Å². The van der Waals surface area contributed by atoms with Gasteiger partial charge in [0.1, 0.15) is 5.75 Å². The lowest BCUT2D eigenvalue weighted by molar-refractivity contribution is -0.115. The minimum atomic E-state index is -3.31. The predicted octanol–water partition coefficient (Wildman–Crippen LogP) is 7.38. The molecule has 0 atom stereocenters. The molecule has 0 aromatic heterocycles. The molecule has 2 aromatic rings. The highest BCUT2D eigenvalue weighted by Gasteiger charge is 2.16. The van der Waals surface area contributed by atoms with E-state index < -0.39 is 15.7 Å². The Kier molecular flexibility index (Phi) is 14.0. The third kappa shape index (κ3) is 12.4. The van der Waals surface area contributed by atoms with Gasteiger partial charge in [0.25, 0.3) is 0 Å². The van der Waals surface area contributed by atoms with Gasteiger partial charge in [0, 0.05) is 11.9 Å². The molecule has 0 saturated heterocycles. The molecule has 0 aliphatic heterocycles. The van der Waals surface area contributed by atoms with E-state index in [1.807, 2.05) is 6.07 Å². The van der Waals surface area contributed by atoms with E-state index in [9.17, 15) is 18.0 Å². The van der Waals surface area contributed by atoms with Gasteiger partial charge >= 0.3 is 0 Å². The molecular weight excluding hydrogens is 486 g/mol. The van der Waals surface area contributed by atoms with E-state index in [0.717, 1.165) is 19.1 Å². The molecule has 0 bridgehead atoms. The minimum absolute atomic E-state index is 0.167. The van der Waals surface area contributed by atoms with Crippen LogP contribution in [0.2, 0.25) is 0 Å². The fourth-order valence-corrected chi connectivity index (χ4v) is 4.81. The molecule has 37 heavy (non-hydrogen) atoms. The second kappa shape index (κ2) is 17.0. The second-order valence-electron chi connectivity index (χ2n) is 9.68. The van der Waals surface area contributed by atoms with Crippen LogP contribution in [0.15, 0.2) is 53.4 Å². The van der Waals surface area contributed by atoms with Crippen LogP contribution in [-0.2, 0) is 14.6 Å². The van der Waals surface area contributed by atoms with Gasteiger partial charge in [0.2, 0.25) is 5.91 Å². The van der Waals surface area contributed by atoms with Crippen molar-refractivity contribution in [1.29, 1.82) is 0 Å². The van der Waals surface area contributed by atoms with Crippen LogP contribution >= 0.6 is 0 Å². The largest absolute Gasteiger partial charge is 0.493 e. The maximum absolute atomic E-state index is 12.8. The molecule has 1 amide bonds. The van der Waals surface area contributed by atoms with Crippen molar-refractivity contribution in [1.82, 2.24) is 0 Å². The number of anilines is 1. The maximum atomic E-state index is 12.8. The van der Waals surface area contributed by atoms with Crippen molar-refractivity contribution in [2.75, 3.05) is 18.2 Å². The molecule has 2 aromatic carbocycles. The number of ketones is 1. The van der Waals surface area contributed by atoms with Crippen LogP contribution in [-0.4, -0.2) is 33.0 Å². The average molecular weight is 530 g/mol. The van der Waals surface area contributed by atoms with Gasteiger partial charge in [0.15, 0.2) is 15.6 Å². The van der Waals surface area contributed by atoms with Crippen molar-refractivity contribution in [3.05, 3.63) is 54.1 Å². The van der Waals surface area contributed by atoms with Crippen LogP contribution in [0.5, 0.6) is 5.75 Å². The lowest BCUT2D eigenvalue weighted by Gasteiger charge is -2.11. The normalized spacial score (nSPS) is 11.3. The first-order chi connectivity index (χ1) is 17.8. The minimum Gasteiger partial charge on any atom is -0.493 e. The molecule has 0 unspecified atom stereocenters. The lowest BCUT2D eigenvalue weighted by Crippen LogP contribution is -2.17. The summed E-state index contributed by atoms with van der Waals surface area (Å²) in [5.74, 6) is -0.288. The summed E-state index contributed by atoms with van der Waals surface area (Å²) in [5, 5.41) is 2.64. The summed E-state index contributed by atoms with van der Waals surface area (Å²) in [6.07, 6.45) is 16.1. The first-order valence-electron chi connectivity index (χ1n) is 13.7. The number of benzene rings is 2. The standard InChI is InChI=1S/C30H43NO5S/c1-3-4-5-6-7-8-9-10-11-12-13-16-23-36-29-18-15-14-17-27(29)28(32)24-30(33)31-25-19-21-26(22-20-25)37(2,34)35/h14-15,17-22H,3-13,16,23-24H2,1-2H3,(H,31,33). The van der Waals surface area contributed by atoms with Crippen LogP contribution in [0.4, 0.5) is 5.69 Å². The van der Waals surface area contributed by atoms with E-state index >= 15 is 0 Å². The summed E-state index contributed by atoms with van der Waals surface area (Å²) in [4.78, 5) is 25.3. The highest BCUT2D eigenvalue weighted by atomic mass is 32.2. The number of sulfone groups is 1. The molecule has 0 radical (unpaired) electrons. The molecule has 1 N–H and O–H groups in total. The molecular formula is C30H43NO5S. The van der Waals surface area contributed by atoms with Crippen molar-refractivity contribution in [3.63, 3.8) is 0 Å². The zero-order valence-electron chi connectivity index (χ0n) is 22.5. The molecule has 6 nitrogen and oxygen atoms in total. The summed E-state index contributed by atoms with van der Waals surface area (Å²) in [5.41, 5.74) is 0.825. The molecule has 204 valence electrons. The average Bonchev–Trinajstić information content (AvgIpc) is 2.86. The summed E-state index contributed by atoms with van der Waals surface area (Å²) in [6, 6.07) is 12.9. The zero-order valence-corrected chi connectivity index (χ0v) is 23.3. The van der Waals surface area contributed by atoms with Crippen molar-refractivity contribution in [3.8, 4) is 5.75 Å². The van der Waals surface area contributed by atoms with Gasteiger partial charge in [-0.1, -0.05) is 89.7 Å². The van der Waals surface area contributed by atoms with E-state index in [1.54, 1.807) is 18.2 Å². The number of nitrogens with one attached hydrogen (secondary N) is 1. The number of Topliss-reactive ketones (excluding diaryl/α,β-unsaturated/α-hetero) is 1. The lowest BCUT2D eigenvalue weighted by atomic mass is 10.1. The van der Waals surface area contributed by atoms with Crippen LogP contribution in [0.25, 0.3) is 0 Å². The molecule has 0 fully saturated rings. The zero-order chi connectivity index (χ0) is 26.9. The maximum Gasteiger partial charge on any atom is 0.232 e. The topological polar surface area (TPSA) is 89.5 Å². The summed E-state index contributed by atoms with van der Waals surface area (Å²) in [7, 11) is -3.31. The number of hydrogen-bond donors (Lipinski definition) is 1. The second-order valence-corrected chi connectivity index (χ2v) is 11.7. The van der Waals surface area contributed by atoms with Crippen LogP contribution in [0, 0.1) is 0 Å². The number of carbonyl (C=O) groups excluding carboxylic acids is 2. The third-order valence-corrected chi connectivity index (χ3v) is 7.46. The fourth-order valence-electron chi connectivity index (χ4n) is 4.18. The Labute approximate surface area is 223 Å². The first kappa shape index (κ1) is 30.6. The van der Waals surface area contributed by atoms with Crippen LogP contribution in [0.1, 0.15) is 101 Å². The van der Waals surface area contributed by atoms with E-state index in [-0.39, 0.29) is 17.1 Å². The Morgan fingerprint density at radius 3 is 1.86 bits per heavy atom. The molecule has 7 heteroatoms. The van der Waals surface area contributed by atoms with E-state index in [4.69, 9.17) is 4.74 Å². The molecule has 0 saturated carbocycles. The molecule has 0 aliphatic rings. The van der Waals surface area contributed by atoms with E-state index in [2.05, 4.69) is 12.2 Å². The van der Waals surface area contributed by atoms with Crippen molar-refractivity contribution in [2.45, 2.75) is 95.3 Å². The number of carbonyl (C=O) groups is 2. The quantitative estimate of drug-likeness (QED) is 0.116. The van der Waals surface area contributed by atoms with Gasteiger partial charge < -0.3 is 10.1 Å². The smallest absolute Gasteiger partial charge is 0.232 e. The summed E-state index contributed by atoms with van der Waals surface area (Å²) < 4.78 is 29.0. The SMILES string of the molecule is CCCCCCCCCCCCCCOc1ccccc1C(=O)CC(=O)Nc1ccc(S(C)(=O)=O)cc1. The molecule has 0 aliphatic carbocycles. The highest BCUT2D eigenvalue weighted by molar-refractivity contribution is 7.90. The number of amides is 1. The van der Waals surface area contributed by atoms with Gasteiger partial charge in [-0.15, -0.1) is 0 Å². The van der Waals surface area contributed by atoms with Crippen molar-refractivity contribution >= 4 is 27.2 Å². The van der Waals surface area contributed by atoms with E-state index in [0.29, 0.717) is 23.6 Å². The van der Waals surface area contributed by atoms with Gasteiger partial charge in [-0.2, -0.15) is 0 Å². The molecule has 0 heterocycles. The van der Waals surface area contributed by atoms with Crippen LogP contribution in [0.3, 0.4) is 0 Å². The number of ether oxygens (including phenoxy) is 1. The van der Waals surface area contributed by atoms with E-state index in [1.165, 1.54) is 88.5 Å². The fraction of sp³-hybridized carbons (Fsp3) is 0.533. The summed E-state index contributed by atoms with van der Waals surface area (Å²) in [6.45, 7) is 2.79. The van der Waals surface area contributed by atoms with Crippen molar-refractivity contribution < 1.29 is 22.7 Å².